The van der Waals surface area contributed by atoms with Crippen LogP contribution in [-0.4, -0.2) is 33.9 Å². The molecule has 0 bridgehead atoms. The lowest BCUT2D eigenvalue weighted by molar-refractivity contribution is 0.173. The molecule has 2 heterocycles. The summed E-state index contributed by atoms with van der Waals surface area (Å²) in [6, 6.07) is 6.07. The van der Waals surface area contributed by atoms with Crippen LogP contribution >= 0.6 is 23.1 Å². The Labute approximate surface area is 155 Å². The molecule has 1 fully saturated rings. The van der Waals surface area contributed by atoms with Crippen molar-refractivity contribution in [2.45, 2.75) is 48.6 Å². The van der Waals surface area contributed by atoms with Crippen molar-refractivity contribution in [1.29, 1.82) is 0 Å². The topological polar surface area (TPSA) is 76.5 Å². The van der Waals surface area contributed by atoms with Crippen LogP contribution in [0.2, 0.25) is 0 Å². The van der Waals surface area contributed by atoms with Crippen molar-refractivity contribution in [3.8, 4) is 11.5 Å². The van der Waals surface area contributed by atoms with Crippen molar-refractivity contribution in [2.24, 2.45) is 0 Å². The third kappa shape index (κ3) is 4.19. The molecule has 1 saturated carbocycles. The lowest BCUT2D eigenvalue weighted by atomic mass is 9.96. The van der Waals surface area contributed by atoms with E-state index in [1.165, 1.54) is 43.9 Å². The van der Waals surface area contributed by atoms with Crippen molar-refractivity contribution in [2.75, 3.05) is 17.9 Å². The highest BCUT2D eigenvalue weighted by Gasteiger charge is 2.18. The molecule has 1 aromatic carbocycles. The second kappa shape index (κ2) is 7.80. The van der Waals surface area contributed by atoms with Gasteiger partial charge in [-0.15, -0.1) is 10.2 Å². The number of fused-ring (bicyclic) bond motifs is 1. The van der Waals surface area contributed by atoms with Gasteiger partial charge in [-0.3, -0.25) is 0 Å². The van der Waals surface area contributed by atoms with Gasteiger partial charge < -0.3 is 19.9 Å². The Morgan fingerprint density at radius 3 is 2.92 bits per heavy atom. The first-order valence-electron chi connectivity index (χ1n) is 8.58. The van der Waals surface area contributed by atoms with Gasteiger partial charge >= 0.3 is 0 Å². The molecule has 4 rings (SSSR count). The Bertz CT molecular complexity index is 719. The summed E-state index contributed by atoms with van der Waals surface area (Å²) in [5, 5.41) is 23.2. The van der Waals surface area contributed by atoms with Crippen molar-refractivity contribution in [1.82, 2.24) is 10.2 Å². The summed E-state index contributed by atoms with van der Waals surface area (Å²) in [4.78, 5) is 0. The fourth-order valence-corrected chi connectivity index (χ4v) is 4.94. The molecular formula is C17H21N3O3S2. The lowest BCUT2D eigenvalue weighted by Gasteiger charge is -2.21. The molecule has 0 unspecified atom stereocenters. The molecule has 8 heteroatoms. The molecule has 0 amide bonds. The van der Waals surface area contributed by atoms with Crippen molar-refractivity contribution in [3.63, 3.8) is 0 Å². The first-order valence-corrected chi connectivity index (χ1v) is 10.4. The molecule has 6 nitrogen and oxygen atoms in total. The summed E-state index contributed by atoms with van der Waals surface area (Å²) in [5.41, 5.74) is 0.821. The third-order valence-corrected chi connectivity index (χ3v) is 6.55. The molecular weight excluding hydrogens is 358 g/mol. The van der Waals surface area contributed by atoms with E-state index in [2.05, 4.69) is 15.5 Å². The average Bonchev–Trinajstić information content (AvgIpc) is 3.29. The number of anilines is 1. The summed E-state index contributed by atoms with van der Waals surface area (Å²) < 4.78 is 11.5. The maximum Gasteiger partial charge on any atom is 0.231 e. The van der Waals surface area contributed by atoms with Gasteiger partial charge in [0.1, 0.15) is 0 Å². The van der Waals surface area contributed by atoms with Crippen LogP contribution in [0.3, 0.4) is 0 Å². The number of aromatic nitrogens is 2. The monoisotopic (exact) mass is 379 g/mol. The Morgan fingerprint density at radius 2 is 2.04 bits per heavy atom. The van der Waals surface area contributed by atoms with Crippen LogP contribution in [0.5, 0.6) is 11.5 Å². The molecule has 2 N–H and O–H groups in total. The predicted molar refractivity (Wildman–Crippen MR) is 98.7 cm³/mol. The molecule has 2 aromatic rings. The number of rotatable bonds is 6. The molecule has 0 radical (unpaired) electrons. The number of aliphatic hydroxyl groups is 1. The molecule has 2 aliphatic rings. The molecule has 1 aromatic heterocycles. The number of aliphatic hydroxyl groups excluding tert-OH is 1. The van der Waals surface area contributed by atoms with Crippen molar-refractivity contribution in [3.05, 3.63) is 23.8 Å². The van der Waals surface area contributed by atoms with Gasteiger partial charge in [0.2, 0.25) is 11.9 Å². The molecule has 0 saturated heterocycles. The van der Waals surface area contributed by atoms with Crippen LogP contribution in [0.15, 0.2) is 22.5 Å². The summed E-state index contributed by atoms with van der Waals surface area (Å²) in [7, 11) is 0. The number of hydrogen-bond donors (Lipinski definition) is 2. The third-order valence-electron chi connectivity index (χ3n) is 4.49. The van der Waals surface area contributed by atoms with Crippen LogP contribution in [-0.2, 0) is 0 Å². The number of nitrogens with one attached hydrogen (secondary N) is 1. The van der Waals surface area contributed by atoms with Gasteiger partial charge in [-0.05, 0) is 30.5 Å². The van der Waals surface area contributed by atoms with Gasteiger partial charge in [-0.1, -0.05) is 48.4 Å². The molecule has 1 aliphatic carbocycles. The zero-order valence-corrected chi connectivity index (χ0v) is 15.4. The van der Waals surface area contributed by atoms with E-state index in [1.807, 2.05) is 18.2 Å². The average molecular weight is 380 g/mol. The number of thioether (sulfide) groups is 1. The SMILES string of the molecule is O[C@H](CSc1nnc(NC2CCCCC2)s1)c1ccc2c(c1)OCO2. The lowest BCUT2D eigenvalue weighted by Crippen LogP contribution is -2.21. The molecule has 1 atom stereocenters. The highest BCUT2D eigenvalue weighted by Crippen LogP contribution is 2.36. The van der Waals surface area contributed by atoms with Gasteiger partial charge in [0, 0.05) is 11.8 Å². The largest absolute Gasteiger partial charge is 0.454 e. The first kappa shape index (κ1) is 16.9. The second-order valence-corrected chi connectivity index (χ2v) is 8.54. The van der Waals surface area contributed by atoms with Crippen LogP contribution < -0.4 is 14.8 Å². The van der Waals surface area contributed by atoms with Gasteiger partial charge in [-0.25, -0.2) is 0 Å². The zero-order valence-electron chi connectivity index (χ0n) is 13.8. The maximum absolute atomic E-state index is 10.4. The first-order chi connectivity index (χ1) is 12.3. The van der Waals surface area contributed by atoms with E-state index < -0.39 is 6.10 Å². The second-order valence-electron chi connectivity index (χ2n) is 6.29. The smallest absolute Gasteiger partial charge is 0.231 e. The highest BCUT2D eigenvalue weighted by molar-refractivity contribution is 8.01. The number of ether oxygens (including phenoxy) is 2. The standard InChI is InChI=1S/C17H21N3O3S2/c21-13(11-6-7-14-15(8-11)23-10-22-14)9-24-17-20-19-16(25-17)18-12-4-2-1-3-5-12/h6-8,12-13,21H,1-5,9-10H2,(H,18,19)/t13-/m1/s1. The molecule has 0 spiro atoms. The van der Waals surface area contributed by atoms with Crippen molar-refractivity contribution < 1.29 is 14.6 Å². The Hall–Kier alpha value is -1.51. The van der Waals surface area contributed by atoms with E-state index in [0.717, 1.165) is 20.8 Å². The maximum atomic E-state index is 10.4. The van der Waals surface area contributed by atoms with Crippen molar-refractivity contribution >= 4 is 28.2 Å². The Morgan fingerprint density at radius 1 is 1.20 bits per heavy atom. The van der Waals surface area contributed by atoms with Gasteiger partial charge in [0.15, 0.2) is 15.8 Å². The minimum Gasteiger partial charge on any atom is -0.454 e. The summed E-state index contributed by atoms with van der Waals surface area (Å²) >= 11 is 3.08. The van der Waals surface area contributed by atoms with E-state index >= 15 is 0 Å². The summed E-state index contributed by atoms with van der Waals surface area (Å²) in [6.07, 6.45) is 5.76. The van der Waals surface area contributed by atoms with Crippen LogP contribution in [0.4, 0.5) is 5.13 Å². The quantitative estimate of drug-likeness (QED) is 0.739. The van der Waals surface area contributed by atoms with Crippen LogP contribution in [0.25, 0.3) is 0 Å². The van der Waals surface area contributed by atoms with E-state index in [1.54, 1.807) is 11.3 Å². The van der Waals surface area contributed by atoms with Crippen LogP contribution in [0, 0.1) is 0 Å². The normalized spacial score (nSPS) is 18.3. The molecule has 1 aliphatic heterocycles. The van der Waals surface area contributed by atoms with Gasteiger partial charge in [0.05, 0.1) is 6.10 Å². The summed E-state index contributed by atoms with van der Waals surface area (Å²) in [5.74, 6) is 1.94. The fourth-order valence-electron chi connectivity index (χ4n) is 3.11. The van der Waals surface area contributed by atoms with Gasteiger partial charge in [0.25, 0.3) is 0 Å². The minimum absolute atomic E-state index is 0.241. The van der Waals surface area contributed by atoms with E-state index in [0.29, 0.717) is 17.5 Å². The van der Waals surface area contributed by atoms with E-state index in [-0.39, 0.29) is 6.79 Å². The Kier molecular flexibility index (Phi) is 5.28. The number of nitrogens with zero attached hydrogens (tertiary/aromatic N) is 2. The minimum atomic E-state index is -0.585. The highest BCUT2D eigenvalue weighted by atomic mass is 32.2. The molecule has 134 valence electrons. The van der Waals surface area contributed by atoms with Gasteiger partial charge in [-0.2, -0.15) is 0 Å². The van der Waals surface area contributed by atoms with E-state index in [9.17, 15) is 5.11 Å². The summed E-state index contributed by atoms with van der Waals surface area (Å²) in [6.45, 7) is 0.241. The fraction of sp³-hybridized carbons (Fsp3) is 0.529. The Balaban J connectivity index is 1.30. The number of benzene rings is 1. The van der Waals surface area contributed by atoms with E-state index in [4.69, 9.17) is 9.47 Å². The van der Waals surface area contributed by atoms with Crippen LogP contribution in [0.1, 0.15) is 43.8 Å². The number of hydrogen-bond acceptors (Lipinski definition) is 8. The predicted octanol–water partition coefficient (Wildman–Crippen LogP) is 3.84. The zero-order chi connectivity index (χ0) is 17.1. The molecule has 25 heavy (non-hydrogen) atoms.